The smallest absolute Gasteiger partial charge is 0.157 e. The van der Waals surface area contributed by atoms with Crippen LogP contribution in [0.5, 0.6) is 0 Å². The van der Waals surface area contributed by atoms with Gasteiger partial charge in [0.1, 0.15) is 5.82 Å². The number of rotatable bonds is 6. The number of aliphatic hydroxyl groups is 1. The van der Waals surface area contributed by atoms with Crippen molar-refractivity contribution in [1.29, 1.82) is 0 Å². The van der Waals surface area contributed by atoms with Gasteiger partial charge in [-0.3, -0.25) is 4.98 Å². The van der Waals surface area contributed by atoms with Gasteiger partial charge in [0, 0.05) is 50.6 Å². The number of ether oxygens (including phenoxy) is 1. The van der Waals surface area contributed by atoms with Gasteiger partial charge in [-0.25, -0.2) is 9.97 Å². The first-order valence-corrected chi connectivity index (χ1v) is 13.4. The highest BCUT2D eigenvalue weighted by molar-refractivity contribution is 6.38. The molecule has 7 nitrogen and oxygen atoms in total. The number of nitrogens with zero attached hydrogens (tertiary/aromatic N) is 5. The van der Waals surface area contributed by atoms with E-state index in [0.29, 0.717) is 21.8 Å². The second-order valence-electron chi connectivity index (χ2n) is 9.98. The molecule has 198 valence electrons. The third kappa shape index (κ3) is 4.46. The largest absolute Gasteiger partial charge is 0.381 e. The van der Waals surface area contributed by atoms with Gasteiger partial charge in [-0.1, -0.05) is 48.0 Å². The van der Waals surface area contributed by atoms with Crippen LogP contribution in [-0.2, 0) is 17.4 Å². The van der Waals surface area contributed by atoms with Crippen LogP contribution in [-0.4, -0.2) is 50.9 Å². The molecule has 1 aliphatic heterocycles. The molecular formula is C31H30ClN5O2. The van der Waals surface area contributed by atoms with E-state index in [4.69, 9.17) is 21.3 Å². The van der Waals surface area contributed by atoms with Crippen molar-refractivity contribution in [1.82, 2.24) is 19.5 Å². The fraction of sp³-hybridized carbons (Fsp3) is 0.258. The fourth-order valence-corrected chi connectivity index (χ4v) is 5.94. The van der Waals surface area contributed by atoms with Crippen LogP contribution < -0.4 is 4.90 Å². The summed E-state index contributed by atoms with van der Waals surface area (Å²) in [5.41, 5.74) is 3.19. The lowest BCUT2D eigenvalue weighted by molar-refractivity contribution is 0.0818. The molecule has 1 saturated heterocycles. The van der Waals surface area contributed by atoms with Gasteiger partial charge in [-0.2, -0.15) is 0 Å². The van der Waals surface area contributed by atoms with Gasteiger partial charge in [0.25, 0.3) is 0 Å². The van der Waals surface area contributed by atoms with Gasteiger partial charge < -0.3 is 19.3 Å². The summed E-state index contributed by atoms with van der Waals surface area (Å²) in [6.45, 7) is 1.68. The predicted octanol–water partition coefficient (Wildman–Crippen LogP) is 5.58. The van der Waals surface area contributed by atoms with E-state index in [-0.39, 0.29) is 6.10 Å². The lowest BCUT2D eigenvalue weighted by Gasteiger charge is -2.34. The summed E-state index contributed by atoms with van der Waals surface area (Å²) in [5, 5.41) is 13.8. The maximum absolute atomic E-state index is 12.4. The van der Waals surface area contributed by atoms with E-state index in [1.54, 1.807) is 32.0 Å². The molecule has 0 aliphatic carbocycles. The van der Waals surface area contributed by atoms with Crippen molar-refractivity contribution in [3.63, 3.8) is 0 Å². The first kappa shape index (κ1) is 25.5. The summed E-state index contributed by atoms with van der Waals surface area (Å²) in [6, 6.07) is 19.6. The zero-order valence-corrected chi connectivity index (χ0v) is 22.7. The van der Waals surface area contributed by atoms with Gasteiger partial charge in [-0.05, 0) is 53.8 Å². The highest BCUT2D eigenvalue weighted by atomic mass is 35.5. The average molecular weight is 540 g/mol. The number of methoxy groups -OCH3 is 1. The Morgan fingerprint density at radius 2 is 1.72 bits per heavy atom. The zero-order chi connectivity index (χ0) is 27.0. The van der Waals surface area contributed by atoms with E-state index < -0.39 is 5.60 Å². The Kier molecular flexibility index (Phi) is 6.81. The molecule has 0 radical (unpaired) electrons. The van der Waals surface area contributed by atoms with E-state index in [2.05, 4.69) is 27.0 Å². The van der Waals surface area contributed by atoms with Crippen LogP contribution >= 0.6 is 11.6 Å². The molecule has 0 saturated carbocycles. The van der Waals surface area contributed by atoms with Crippen LogP contribution in [0.1, 0.15) is 29.7 Å². The number of aryl methyl sites for hydroxylation is 1. The van der Waals surface area contributed by atoms with Gasteiger partial charge in [0.15, 0.2) is 5.60 Å². The molecule has 0 bridgehead atoms. The molecule has 5 aromatic rings. The molecule has 39 heavy (non-hydrogen) atoms. The Bertz CT molecular complexity index is 1600. The van der Waals surface area contributed by atoms with Crippen LogP contribution in [0.25, 0.3) is 22.0 Å². The van der Waals surface area contributed by atoms with Crippen LogP contribution in [0.2, 0.25) is 5.02 Å². The first-order valence-electron chi connectivity index (χ1n) is 13.1. The number of hydrogen-bond acceptors (Lipinski definition) is 6. The molecule has 0 amide bonds. The van der Waals surface area contributed by atoms with E-state index in [0.717, 1.165) is 53.8 Å². The highest BCUT2D eigenvalue weighted by Gasteiger charge is 2.37. The van der Waals surface area contributed by atoms with Crippen molar-refractivity contribution in [2.45, 2.75) is 24.5 Å². The van der Waals surface area contributed by atoms with Crippen LogP contribution in [0.4, 0.5) is 5.82 Å². The maximum atomic E-state index is 12.4. The van der Waals surface area contributed by atoms with Crippen molar-refractivity contribution in [3.05, 3.63) is 107 Å². The molecular weight excluding hydrogens is 510 g/mol. The number of benzene rings is 2. The van der Waals surface area contributed by atoms with Crippen LogP contribution in [0.3, 0.4) is 0 Å². The number of pyridine rings is 2. The van der Waals surface area contributed by atoms with E-state index >= 15 is 0 Å². The lowest BCUT2D eigenvalue weighted by Crippen LogP contribution is -2.37. The lowest BCUT2D eigenvalue weighted by atomic mass is 9.83. The number of halogens is 1. The molecule has 1 N–H and O–H groups in total. The second kappa shape index (κ2) is 10.4. The number of piperidine rings is 1. The van der Waals surface area contributed by atoms with Gasteiger partial charge in [0.2, 0.25) is 0 Å². The van der Waals surface area contributed by atoms with E-state index in [1.165, 1.54) is 0 Å². The van der Waals surface area contributed by atoms with Crippen molar-refractivity contribution >= 4 is 28.3 Å². The molecule has 1 fully saturated rings. The van der Waals surface area contributed by atoms with Crippen LogP contribution in [0, 0.1) is 0 Å². The normalized spacial score (nSPS) is 15.9. The molecule has 1 aliphatic rings. The Morgan fingerprint density at radius 1 is 0.974 bits per heavy atom. The number of anilines is 1. The molecule has 0 spiro atoms. The summed E-state index contributed by atoms with van der Waals surface area (Å²) in [7, 11) is 3.65. The molecule has 1 unspecified atom stereocenters. The molecule has 8 heteroatoms. The Balaban J connectivity index is 1.56. The third-order valence-corrected chi connectivity index (χ3v) is 8.14. The zero-order valence-electron chi connectivity index (χ0n) is 22.0. The topological polar surface area (TPSA) is 76.3 Å². The van der Waals surface area contributed by atoms with Gasteiger partial charge in [-0.15, -0.1) is 0 Å². The number of imidazole rings is 1. The predicted molar refractivity (Wildman–Crippen MR) is 154 cm³/mol. The van der Waals surface area contributed by atoms with Gasteiger partial charge >= 0.3 is 0 Å². The van der Waals surface area contributed by atoms with Crippen molar-refractivity contribution in [2.24, 2.45) is 7.05 Å². The van der Waals surface area contributed by atoms with Crippen molar-refractivity contribution < 1.29 is 9.84 Å². The summed E-state index contributed by atoms with van der Waals surface area (Å²) in [4.78, 5) is 15.9. The van der Waals surface area contributed by atoms with E-state index in [1.807, 2.05) is 60.1 Å². The summed E-state index contributed by atoms with van der Waals surface area (Å²) < 4.78 is 7.42. The summed E-state index contributed by atoms with van der Waals surface area (Å²) in [6.07, 6.45) is 8.86. The number of hydrogen-bond donors (Lipinski definition) is 1. The second-order valence-corrected chi connectivity index (χ2v) is 10.4. The van der Waals surface area contributed by atoms with E-state index in [9.17, 15) is 5.11 Å². The first-order chi connectivity index (χ1) is 19.0. The Morgan fingerprint density at radius 3 is 2.38 bits per heavy atom. The summed E-state index contributed by atoms with van der Waals surface area (Å²) in [5.74, 6) is 0.872. The number of aromatic nitrogens is 4. The Hall–Kier alpha value is -3.78. The van der Waals surface area contributed by atoms with Crippen LogP contribution in [0.15, 0.2) is 85.6 Å². The average Bonchev–Trinajstić information content (AvgIpc) is 3.43. The minimum Gasteiger partial charge on any atom is -0.381 e. The molecule has 6 rings (SSSR count). The number of fused-ring (bicyclic) bond motifs is 1. The Labute approximate surface area is 232 Å². The third-order valence-electron chi connectivity index (χ3n) is 7.74. The summed E-state index contributed by atoms with van der Waals surface area (Å²) >= 11 is 7.28. The molecule has 2 aromatic carbocycles. The highest BCUT2D eigenvalue weighted by Crippen LogP contribution is 2.43. The molecule has 3 aromatic heterocycles. The van der Waals surface area contributed by atoms with Crippen molar-refractivity contribution in [2.75, 3.05) is 25.1 Å². The standard InChI is InChI=1S/C31H30ClN5O2/c1-36-20-34-19-27(36)31(38,22-10-14-33-15-11-22)23-8-9-26-25(18-23)29(32)28(21-6-4-3-5-7-21)30(35-26)37-16-12-24(39-2)13-17-37/h3-11,14-15,18-20,24,38H,12-13,16-17H2,1-2H3. The fourth-order valence-electron chi connectivity index (χ4n) is 5.59. The van der Waals surface area contributed by atoms with Crippen molar-refractivity contribution in [3.8, 4) is 11.1 Å². The molecule has 4 heterocycles. The van der Waals surface area contributed by atoms with Gasteiger partial charge in [0.05, 0.1) is 34.9 Å². The maximum Gasteiger partial charge on any atom is 0.157 e. The minimum absolute atomic E-state index is 0.262. The SMILES string of the molecule is COC1CCN(c2nc3ccc(C(O)(c4ccncc4)c4cncn4C)cc3c(Cl)c2-c2ccccc2)CC1. The molecule has 1 atom stereocenters. The quantitative estimate of drug-likeness (QED) is 0.303. The monoisotopic (exact) mass is 539 g/mol. The minimum atomic E-state index is -1.47.